The van der Waals surface area contributed by atoms with E-state index in [9.17, 15) is 0 Å². The smallest absolute Gasteiger partial charge is 0.0731 e. The SMILES string of the molecule is CNC(c1cc(C)c(Br)s1)c1cc(Br)ccc1Cl. The Morgan fingerprint density at radius 3 is 2.56 bits per heavy atom. The van der Waals surface area contributed by atoms with Crippen LogP contribution in [0.4, 0.5) is 0 Å². The molecule has 1 aromatic carbocycles. The van der Waals surface area contributed by atoms with Gasteiger partial charge in [-0.25, -0.2) is 0 Å². The number of hydrogen-bond acceptors (Lipinski definition) is 2. The van der Waals surface area contributed by atoms with Crippen molar-refractivity contribution >= 4 is 54.8 Å². The van der Waals surface area contributed by atoms with Crippen LogP contribution >= 0.6 is 54.8 Å². The Kier molecular flexibility index (Phi) is 4.89. The highest BCUT2D eigenvalue weighted by Crippen LogP contribution is 2.37. The van der Waals surface area contributed by atoms with Crippen molar-refractivity contribution in [2.45, 2.75) is 13.0 Å². The van der Waals surface area contributed by atoms with Crippen molar-refractivity contribution in [3.05, 3.63) is 53.6 Å². The minimum Gasteiger partial charge on any atom is -0.309 e. The molecule has 1 aromatic heterocycles. The number of hydrogen-bond donors (Lipinski definition) is 1. The van der Waals surface area contributed by atoms with Gasteiger partial charge in [-0.05, 0) is 65.3 Å². The van der Waals surface area contributed by atoms with Crippen LogP contribution in [0.15, 0.2) is 32.5 Å². The van der Waals surface area contributed by atoms with E-state index in [1.807, 2.05) is 19.2 Å². The first-order valence-electron chi connectivity index (χ1n) is 5.41. The number of halogens is 3. The van der Waals surface area contributed by atoms with Crippen LogP contribution in [-0.4, -0.2) is 7.05 Å². The van der Waals surface area contributed by atoms with E-state index in [1.165, 1.54) is 14.2 Å². The Bertz CT molecular complexity index is 549. The van der Waals surface area contributed by atoms with Crippen LogP contribution < -0.4 is 5.32 Å². The quantitative estimate of drug-likeness (QED) is 0.701. The van der Waals surface area contributed by atoms with E-state index in [-0.39, 0.29) is 6.04 Å². The van der Waals surface area contributed by atoms with Gasteiger partial charge in [-0.15, -0.1) is 11.3 Å². The van der Waals surface area contributed by atoms with Crippen molar-refractivity contribution in [3.63, 3.8) is 0 Å². The Morgan fingerprint density at radius 2 is 2.00 bits per heavy atom. The molecule has 0 radical (unpaired) electrons. The zero-order chi connectivity index (χ0) is 13.3. The second kappa shape index (κ2) is 6.06. The van der Waals surface area contributed by atoms with Gasteiger partial charge in [0.1, 0.15) is 0 Å². The number of rotatable bonds is 3. The first-order chi connectivity index (χ1) is 8.52. The van der Waals surface area contributed by atoms with Crippen molar-refractivity contribution in [3.8, 4) is 0 Å². The summed E-state index contributed by atoms with van der Waals surface area (Å²) in [7, 11) is 1.95. The molecule has 2 aromatic rings. The average Bonchev–Trinajstić information content (AvgIpc) is 2.65. The summed E-state index contributed by atoms with van der Waals surface area (Å²) in [4.78, 5) is 1.25. The van der Waals surface area contributed by atoms with Crippen molar-refractivity contribution in [1.82, 2.24) is 5.32 Å². The van der Waals surface area contributed by atoms with E-state index < -0.39 is 0 Å². The largest absolute Gasteiger partial charge is 0.309 e. The molecule has 0 spiro atoms. The monoisotopic (exact) mass is 407 g/mol. The highest BCUT2D eigenvalue weighted by Gasteiger charge is 2.18. The van der Waals surface area contributed by atoms with Crippen molar-refractivity contribution in [2.75, 3.05) is 7.05 Å². The summed E-state index contributed by atoms with van der Waals surface area (Å²) in [5.74, 6) is 0. The van der Waals surface area contributed by atoms with Gasteiger partial charge in [0.15, 0.2) is 0 Å². The summed E-state index contributed by atoms with van der Waals surface area (Å²) >= 11 is 15.1. The van der Waals surface area contributed by atoms with E-state index in [0.717, 1.165) is 15.1 Å². The molecule has 5 heteroatoms. The van der Waals surface area contributed by atoms with Crippen molar-refractivity contribution < 1.29 is 0 Å². The third-order valence-corrected chi connectivity index (χ3v) is 5.76. The number of thiophene rings is 1. The fourth-order valence-corrected chi connectivity index (χ4v) is 4.12. The topological polar surface area (TPSA) is 12.0 Å². The lowest BCUT2D eigenvalue weighted by Crippen LogP contribution is -2.16. The fraction of sp³-hybridized carbons (Fsp3) is 0.231. The van der Waals surface area contributed by atoms with Crippen LogP contribution in [0, 0.1) is 6.92 Å². The van der Waals surface area contributed by atoms with Crippen LogP contribution in [0.3, 0.4) is 0 Å². The molecule has 1 unspecified atom stereocenters. The molecule has 0 aliphatic heterocycles. The van der Waals surface area contributed by atoms with E-state index in [2.05, 4.69) is 56.2 Å². The Morgan fingerprint density at radius 1 is 1.28 bits per heavy atom. The third-order valence-electron chi connectivity index (χ3n) is 2.72. The van der Waals surface area contributed by atoms with Crippen molar-refractivity contribution in [1.29, 1.82) is 0 Å². The summed E-state index contributed by atoms with van der Waals surface area (Å²) in [5.41, 5.74) is 2.34. The first-order valence-corrected chi connectivity index (χ1v) is 8.19. The van der Waals surface area contributed by atoms with Gasteiger partial charge in [0, 0.05) is 14.4 Å². The number of nitrogens with one attached hydrogen (secondary N) is 1. The van der Waals surface area contributed by atoms with Crippen LogP contribution in [0.1, 0.15) is 22.0 Å². The van der Waals surface area contributed by atoms with Gasteiger partial charge < -0.3 is 5.32 Å². The lowest BCUT2D eigenvalue weighted by Gasteiger charge is -2.17. The molecule has 0 saturated heterocycles. The van der Waals surface area contributed by atoms with Gasteiger partial charge in [0.25, 0.3) is 0 Å². The van der Waals surface area contributed by atoms with Crippen LogP contribution in [-0.2, 0) is 0 Å². The highest BCUT2D eigenvalue weighted by molar-refractivity contribution is 9.11. The fourth-order valence-electron chi connectivity index (χ4n) is 1.81. The van der Waals surface area contributed by atoms with Gasteiger partial charge in [-0.3, -0.25) is 0 Å². The van der Waals surface area contributed by atoms with Gasteiger partial charge >= 0.3 is 0 Å². The third kappa shape index (κ3) is 2.99. The van der Waals surface area contributed by atoms with Gasteiger partial charge in [0.2, 0.25) is 0 Å². The molecule has 0 bridgehead atoms. The normalized spacial score (nSPS) is 12.7. The van der Waals surface area contributed by atoms with Gasteiger partial charge in [-0.2, -0.15) is 0 Å². The van der Waals surface area contributed by atoms with E-state index in [0.29, 0.717) is 0 Å². The second-order valence-electron chi connectivity index (χ2n) is 3.99. The Hall–Kier alpha value is 0.130. The van der Waals surface area contributed by atoms with E-state index >= 15 is 0 Å². The standard InChI is InChI=1S/C13H12Br2ClNS/c1-7-5-11(18-13(7)15)12(17-2)9-6-8(14)3-4-10(9)16/h3-6,12,17H,1-2H3. The maximum absolute atomic E-state index is 6.30. The molecule has 96 valence electrons. The molecule has 0 amide bonds. The molecule has 2 rings (SSSR count). The molecule has 18 heavy (non-hydrogen) atoms. The zero-order valence-electron chi connectivity index (χ0n) is 9.93. The summed E-state index contributed by atoms with van der Waals surface area (Å²) in [5, 5.41) is 4.11. The molecular formula is C13H12Br2ClNS. The zero-order valence-corrected chi connectivity index (χ0v) is 14.7. The first kappa shape index (κ1) is 14.5. The number of aryl methyl sites for hydroxylation is 1. The summed E-state index contributed by atoms with van der Waals surface area (Å²) in [6.45, 7) is 2.10. The Labute approximate surface area is 133 Å². The van der Waals surface area contributed by atoms with E-state index in [4.69, 9.17) is 11.6 Å². The number of benzene rings is 1. The molecule has 0 aliphatic carbocycles. The molecular weight excluding hydrogens is 397 g/mol. The van der Waals surface area contributed by atoms with Gasteiger partial charge in [-0.1, -0.05) is 27.5 Å². The average molecular weight is 410 g/mol. The molecule has 1 nitrogen and oxygen atoms in total. The highest BCUT2D eigenvalue weighted by atomic mass is 79.9. The van der Waals surface area contributed by atoms with E-state index in [1.54, 1.807) is 11.3 Å². The Balaban J connectivity index is 2.48. The maximum atomic E-state index is 6.30. The maximum Gasteiger partial charge on any atom is 0.0731 e. The summed E-state index contributed by atoms with van der Waals surface area (Å²) < 4.78 is 2.21. The van der Waals surface area contributed by atoms with Crippen LogP contribution in [0.25, 0.3) is 0 Å². The minimum atomic E-state index is 0.116. The lowest BCUT2D eigenvalue weighted by molar-refractivity contribution is 0.703. The minimum absolute atomic E-state index is 0.116. The summed E-state index contributed by atoms with van der Waals surface area (Å²) in [6.07, 6.45) is 0. The summed E-state index contributed by atoms with van der Waals surface area (Å²) in [6, 6.07) is 8.24. The second-order valence-corrected chi connectivity index (χ2v) is 7.72. The van der Waals surface area contributed by atoms with Crippen LogP contribution in [0.5, 0.6) is 0 Å². The molecule has 1 atom stereocenters. The van der Waals surface area contributed by atoms with Crippen LogP contribution in [0.2, 0.25) is 5.02 Å². The van der Waals surface area contributed by atoms with Gasteiger partial charge in [0.05, 0.1) is 9.83 Å². The molecule has 0 fully saturated rings. The molecule has 0 saturated carbocycles. The molecule has 0 aliphatic rings. The predicted molar refractivity (Wildman–Crippen MR) is 86.8 cm³/mol. The van der Waals surface area contributed by atoms with Crippen molar-refractivity contribution in [2.24, 2.45) is 0 Å². The predicted octanol–water partition coefficient (Wildman–Crippen LogP) is 5.54. The lowest BCUT2D eigenvalue weighted by atomic mass is 10.1. The molecule has 1 heterocycles. The molecule has 1 N–H and O–H groups in total.